The minimum absolute atomic E-state index is 0.0898. The highest BCUT2D eigenvalue weighted by molar-refractivity contribution is 5.03. The minimum atomic E-state index is -0.0898. The monoisotopic (exact) mass is 239 g/mol. The van der Waals surface area contributed by atoms with Crippen LogP contribution in [0, 0.1) is 0 Å². The largest absolute Gasteiger partial charge is 0.385 e. The van der Waals surface area contributed by atoms with Crippen LogP contribution in [0.5, 0.6) is 0 Å². The average molecular weight is 239 g/mol. The summed E-state index contributed by atoms with van der Waals surface area (Å²) in [7, 11) is 1.67. The number of rotatable bonds is 7. The molecule has 96 valence electrons. The summed E-state index contributed by atoms with van der Waals surface area (Å²) in [5.74, 6) is 0.732. The van der Waals surface area contributed by atoms with Gasteiger partial charge >= 0.3 is 0 Å². The van der Waals surface area contributed by atoms with Crippen molar-refractivity contribution in [1.29, 1.82) is 0 Å². The van der Waals surface area contributed by atoms with Gasteiger partial charge in [-0.05, 0) is 6.42 Å². The molecule has 0 unspecified atom stereocenters. The van der Waals surface area contributed by atoms with E-state index < -0.39 is 0 Å². The van der Waals surface area contributed by atoms with Gasteiger partial charge in [0, 0.05) is 38.8 Å². The van der Waals surface area contributed by atoms with E-state index in [1.54, 1.807) is 7.11 Å². The summed E-state index contributed by atoms with van der Waals surface area (Å²) in [5.41, 5.74) is 0.697. The molecule has 1 aromatic rings. The number of aromatic amines is 1. The summed E-state index contributed by atoms with van der Waals surface area (Å²) in [5, 5.41) is 3.24. The molecule has 0 aliphatic carbocycles. The zero-order valence-electron chi connectivity index (χ0n) is 10.7. The molecule has 17 heavy (non-hydrogen) atoms. The van der Waals surface area contributed by atoms with Crippen molar-refractivity contribution in [2.45, 2.75) is 39.3 Å². The number of nitrogens with zero attached hydrogens (tertiary/aromatic N) is 1. The SMILES string of the molecule is COCCCc1nc(CNC(C)C)cc(=O)[nH]1. The maximum Gasteiger partial charge on any atom is 0.251 e. The lowest BCUT2D eigenvalue weighted by atomic mass is 10.3. The molecule has 0 atom stereocenters. The highest BCUT2D eigenvalue weighted by atomic mass is 16.5. The molecule has 2 N–H and O–H groups in total. The molecule has 0 aromatic carbocycles. The maximum atomic E-state index is 11.4. The summed E-state index contributed by atoms with van der Waals surface area (Å²) in [6.07, 6.45) is 1.60. The number of H-pyrrole nitrogens is 1. The van der Waals surface area contributed by atoms with Gasteiger partial charge in [-0.2, -0.15) is 0 Å². The quantitative estimate of drug-likeness (QED) is 0.692. The number of nitrogens with one attached hydrogen (secondary N) is 2. The summed E-state index contributed by atoms with van der Waals surface area (Å²) in [4.78, 5) is 18.6. The molecule has 5 nitrogen and oxygen atoms in total. The standard InChI is InChI=1S/C12H21N3O2/c1-9(2)13-8-10-7-12(16)15-11(14-10)5-4-6-17-3/h7,9,13H,4-6,8H2,1-3H3,(H,14,15,16). The first kappa shape index (κ1) is 13.9. The average Bonchev–Trinajstić information content (AvgIpc) is 2.26. The van der Waals surface area contributed by atoms with Crippen LogP contribution in [-0.4, -0.2) is 29.7 Å². The van der Waals surface area contributed by atoms with Crippen LogP contribution in [0.4, 0.5) is 0 Å². The first-order valence-corrected chi connectivity index (χ1v) is 5.93. The normalized spacial score (nSPS) is 11.1. The zero-order valence-corrected chi connectivity index (χ0v) is 10.7. The van der Waals surface area contributed by atoms with Crippen LogP contribution >= 0.6 is 0 Å². The second-order valence-corrected chi connectivity index (χ2v) is 4.32. The van der Waals surface area contributed by atoms with E-state index in [-0.39, 0.29) is 5.56 Å². The lowest BCUT2D eigenvalue weighted by Gasteiger charge is -2.08. The van der Waals surface area contributed by atoms with Gasteiger partial charge in [-0.1, -0.05) is 13.8 Å². The van der Waals surface area contributed by atoms with E-state index in [1.165, 1.54) is 6.07 Å². The van der Waals surface area contributed by atoms with E-state index in [4.69, 9.17) is 4.74 Å². The Bertz CT molecular complexity index is 388. The number of aromatic nitrogens is 2. The van der Waals surface area contributed by atoms with Crippen molar-refractivity contribution < 1.29 is 4.74 Å². The fraction of sp³-hybridized carbons (Fsp3) is 0.667. The van der Waals surface area contributed by atoms with Crippen molar-refractivity contribution in [1.82, 2.24) is 15.3 Å². The van der Waals surface area contributed by atoms with Crippen LogP contribution in [0.2, 0.25) is 0 Å². The second-order valence-electron chi connectivity index (χ2n) is 4.32. The molecule has 1 rings (SSSR count). The Morgan fingerprint density at radius 1 is 1.53 bits per heavy atom. The highest BCUT2D eigenvalue weighted by Crippen LogP contribution is 1.97. The van der Waals surface area contributed by atoms with Crippen molar-refractivity contribution in [2.24, 2.45) is 0 Å². The maximum absolute atomic E-state index is 11.4. The predicted molar refractivity (Wildman–Crippen MR) is 67.0 cm³/mol. The van der Waals surface area contributed by atoms with Crippen molar-refractivity contribution in [3.63, 3.8) is 0 Å². The first-order valence-electron chi connectivity index (χ1n) is 5.93. The minimum Gasteiger partial charge on any atom is -0.385 e. The van der Waals surface area contributed by atoms with Gasteiger partial charge in [-0.25, -0.2) is 4.98 Å². The molecule has 0 spiro atoms. The van der Waals surface area contributed by atoms with Gasteiger partial charge in [0.05, 0.1) is 5.69 Å². The smallest absolute Gasteiger partial charge is 0.251 e. The Kier molecular flexibility index (Phi) is 5.86. The molecule has 0 bridgehead atoms. The third-order valence-electron chi connectivity index (χ3n) is 2.30. The van der Waals surface area contributed by atoms with Crippen molar-refractivity contribution in [3.05, 3.63) is 27.9 Å². The van der Waals surface area contributed by atoms with Crippen LogP contribution in [-0.2, 0) is 17.7 Å². The molecule has 0 aliphatic rings. The molecule has 0 radical (unpaired) electrons. The number of ether oxygens (including phenoxy) is 1. The van der Waals surface area contributed by atoms with Gasteiger partial charge in [-0.3, -0.25) is 4.79 Å². The summed E-state index contributed by atoms with van der Waals surface area (Å²) < 4.78 is 4.97. The Labute approximate surface area is 102 Å². The Hall–Kier alpha value is -1.20. The zero-order chi connectivity index (χ0) is 12.7. The first-order chi connectivity index (χ1) is 8.11. The Balaban J connectivity index is 2.62. The summed E-state index contributed by atoms with van der Waals surface area (Å²) >= 11 is 0. The fourth-order valence-electron chi connectivity index (χ4n) is 1.46. The summed E-state index contributed by atoms with van der Waals surface area (Å²) in [6.45, 7) is 5.43. The highest BCUT2D eigenvalue weighted by Gasteiger charge is 2.02. The number of hydrogen-bond acceptors (Lipinski definition) is 4. The number of methoxy groups -OCH3 is 1. The van der Waals surface area contributed by atoms with E-state index in [0.717, 1.165) is 24.4 Å². The van der Waals surface area contributed by atoms with Crippen molar-refractivity contribution in [3.8, 4) is 0 Å². The van der Waals surface area contributed by atoms with Crippen LogP contribution < -0.4 is 10.9 Å². The van der Waals surface area contributed by atoms with E-state index in [2.05, 4.69) is 29.1 Å². The fourth-order valence-corrected chi connectivity index (χ4v) is 1.46. The number of hydrogen-bond donors (Lipinski definition) is 2. The van der Waals surface area contributed by atoms with Crippen LogP contribution in [0.1, 0.15) is 31.8 Å². The molecule has 5 heteroatoms. The molecule has 0 fully saturated rings. The third-order valence-corrected chi connectivity index (χ3v) is 2.30. The molecular weight excluding hydrogens is 218 g/mol. The van der Waals surface area contributed by atoms with Gasteiger partial charge in [0.25, 0.3) is 5.56 Å². The van der Waals surface area contributed by atoms with Crippen LogP contribution in [0.15, 0.2) is 10.9 Å². The summed E-state index contributed by atoms with van der Waals surface area (Å²) in [6, 6.07) is 1.92. The molecule has 1 aromatic heterocycles. The Morgan fingerprint density at radius 3 is 2.94 bits per heavy atom. The van der Waals surface area contributed by atoms with E-state index in [0.29, 0.717) is 19.2 Å². The predicted octanol–water partition coefficient (Wildman–Crippen LogP) is 0.847. The van der Waals surface area contributed by atoms with Crippen molar-refractivity contribution >= 4 is 0 Å². The molecular formula is C12H21N3O2. The van der Waals surface area contributed by atoms with Crippen LogP contribution in [0.3, 0.4) is 0 Å². The van der Waals surface area contributed by atoms with Gasteiger partial charge in [0.1, 0.15) is 5.82 Å². The van der Waals surface area contributed by atoms with E-state index in [9.17, 15) is 4.79 Å². The lowest BCUT2D eigenvalue weighted by Crippen LogP contribution is -2.24. The lowest BCUT2D eigenvalue weighted by molar-refractivity contribution is 0.194. The van der Waals surface area contributed by atoms with E-state index >= 15 is 0 Å². The second kappa shape index (κ2) is 7.19. The van der Waals surface area contributed by atoms with Gasteiger partial charge in [0.15, 0.2) is 0 Å². The molecule has 1 heterocycles. The van der Waals surface area contributed by atoms with Gasteiger partial charge in [-0.15, -0.1) is 0 Å². The van der Waals surface area contributed by atoms with Crippen molar-refractivity contribution in [2.75, 3.05) is 13.7 Å². The van der Waals surface area contributed by atoms with Gasteiger partial charge in [0.2, 0.25) is 0 Å². The third kappa shape index (κ3) is 5.60. The topological polar surface area (TPSA) is 67.0 Å². The molecule has 0 saturated carbocycles. The molecule has 0 amide bonds. The van der Waals surface area contributed by atoms with E-state index in [1.807, 2.05) is 0 Å². The molecule has 0 saturated heterocycles. The number of aryl methyl sites for hydroxylation is 1. The van der Waals surface area contributed by atoms with Crippen LogP contribution in [0.25, 0.3) is 0 Å². The Morgan fingerprint density at radius 2 is 2.29 bits per heavy atom. The van der Waals surface area contributed by atoms with Gasteiger partial charge < -0.3 is 15.0 Å². The molecule has 0 aliphatic heterocycles.